The van der Waals surface area contributed by atoms with Crippen molar-refractivity contribution in [1.82, 2.24) is 5.32 Å². The maximum atomic E-state index is 12.3. The summed E-state index contributed by atoms with van der Waals surface area (Å²) in [5.41, 5.74) is 1.39. The first-order chi connectivity index (χ1) is 11.2. The SMILES string of the molecule is CC1=C(C)C[C@@H](B2OC(C)(C)C(C)(C)O2)[C@H](NC(=O)OC(C)(C)C)C1. The Kier molecular flexibility index (Phi) is 5.38. The predicted molar refractivity (Wildman–Crippen MR) is 101 cm³/mol. The highest BCUT2D eigenvalue weighted by Gasteiger charge is 2.55. The summed E-state index contributed by atoms with van der Waals surface area (Å²) in [5, 5.41) is 3.05. The first-order valence-corrected chi connectivity index (χ1v) is 9.22. The highest BCUT2D eigenvalue weighted by atomic mass is 16.7. The molecule has 1 N–H and O–H groups in total. The quantitative estimate of drug-likeness (QED) is 0.589. The van der Waals surface area contributed by atoms with Gasteiger partial charge in [0.2, 0.25) is 0 Å². The summed E-state index contributed by atoms with van der Waals surface area (Å²) in [6, 6.07) is -0.0618. The highest BCUT2D eigenvalue weighted by molar-refractivity contribution is 6.48. The molecule has 2 atom stereocenters. The lowest BCUT2D eigenvalue weighted by atomic mass is 9.61. The summed E-state index contributed by atoms with van der Waals surface area (Å²) >= 11 is 0. The second kappa shape index (κ2) is 6.62. The van der Waals surface area contributed by atoms with Gasteiger partial charge in [-0.1, -0.05) is 11.1 Å². The number of allylic oxidation sites excluding steroid dienone is 1. The number of rotatable bonds is 2. The van der Waals surface area contributed by atoms with Gasteiger partial charge in [0, 0.05) is 11.9 Å². The number of carbonyl (C=O) groups excluding carboxylic acids is 1. The summed E-state index contributed by atoms with van der Waals surface area (Å²) in [4.78, 5) is 12.3. The molecule has 5 nitrogen and oxygen atoms in total. The van der Waals surface area contributed by atoms with Crippen molar-refractivity contribution >= 4 is 13.2 Å². The van der Waals surface area contributed by atoms with E-state index < -0.39 is 5.60 Å². The van der Waals surface area contributed by atoms with E-state index in [0.717, 1.165) is 12.8 Å². The average molecular weight is 351 g/mol. The normalized spacial score (nSPS) is 28.9. The zero-order valence-corrected chi connectivity index (χ0v) is 17.3. The van der Waals surface area contributed by atoms with Crippen LogP contribution in [0.25, 0.3) is 0 Å². The van der Waals surface area contributed by atoms with Gasteiger partial charge in [-0.2, -0.15) is 0 Å². The standard InChI is InChI=1S/C19H34BNO4/c1-12-10-14(20-24-18(6,7)19(8,9)25-20)15(11-13(12)2)21-16(22)23-17(3,4)5/h14-15H,10-11H2,1-9H3,(H,21,22)/t14-,15-/m1/s1. The van der Waals surface area contributed by atoms with Crippen LogP contribution in [-0.4, -0.2) is 36.1 Å². The molecule has 25 heavy (non-hydrogen) atoms. The molecule has 1 saturated heterocycles. The van der Waals surface area contributed by atoms with E-state index in [1.54, 1.807) is 0 Å². The molecule has 0 radical (unpaired) electrons. The smallest absolute Gasteiger partial charge is 0.444 e. The lowest BCUT2D eigenvalue weighted by molar-refractivity contribution is 0.00578. The van der Waals surface area contributed by atoms with Crippen molar-refractivity contribution in [2.24, 2.45) is 0 Å². The summed E-state index contributed by atoms with van der Waals surface area (Å²) < 4.78 is 18.0. The number of nitrogens with one attached hydrogen (secondary N) is 1. The molecule has 1 amide bonds. The second-order valence-electron chi connectivity index (χ2n) is 9.51. The zero-order chi connectivity index (χ0) is 19.2. The van der Waals surface area contributed by atoms with Gasteiger partial charge in [0.1, 0.15) is 5.60 Å². The number of hydrogen-bond donors (Lipinski definition) is 1. The van der Waals surface area contributed by atoms with Gasteiger partial charge in [-0.15, -0.1) is 0 Å². The highest BCUT2D eigenvalue weighted by Crippen LogP contribution is 2.45. The van der Waals surface area contributed by atoms with Crippen LogP contribution in [0.1, 0.15) is 75.2 Å². The average Bonchev–Trinajstić information content (AvgIpc) is 2.60. The van der Waals surface area contributed by atoms with E-state index in [-0.39, 0.29) is 36.3 Å². The minimum absolute atomic E-state index is 0.0618. The zero-order valence-electron chi connectivity index (χ0n) is 17.3. The van der Waals surface area contributed by atoms with Gasteiger partial charge in [0.15, 0.2) is 0 Å². The van der Waals surface area contributed by atoms with E-state index in [9.17, 15) is 4.79 Å². The molecule has 1 fully saturated rings. The van der Waals surface area contributed by atoms with Crippen molar-refractivity contribution in [2.75, 3.05) is 0 Å². The van der Waals surface area contributed by atoms with Crippen LogP contribution < -0.4 is 5.32 Å². The maximum Gasteiger partial charge on any atom is 0.463 e. The van der Waals surface area contributed by atoms with Gasteiger partial charge >= 0.3 is 13.2 Å². The van der Waals surface area contributed by atoms with Crippen LogP contribution in [-0.2, 0) is 14.0 Å². The Labute approximate surface area is 153 Å². The van der Waals surface area contributed by atoms with Gasteiger partial charge in [-0.3, -0.25) is 0 Å². The Hall–Kier alpha value is -1.01. The van der Waals surface area contributed by atoms with E-state index in [0.29, 0.717) is 0 Å². The van der Waals surface area contributed by atoms with Crippen molar-refractivity contribution in [3.05, 3.63) is 11.1 Å². The fourth-order valence-electron chi connectivity index (χ4n) is 3.29. The summed E-state index contributed by atoms with van der Waals surface area (Å²) in [5.74, 6) is 0.0669. The van der Waals surface area contributed by atoms with Crippen LogP contribution in [0.2, 0.25) is 5.82 Å². The third-order valence-corrected chi connectivity index (χ3v) is 5.64. The van der Waals surface area contributed by atoms with E-state index in [2.05, 4.69) is 46.9 Å². The molecule has 0 saturated carbocycles. The van der Waals surface area contributed by atoms with E-state index >= 15 is 0 Å². The third kappa shape index (κ3) is 4.59. The van der Waals surface area contributed by atoms with Gasteiger partial charge in [0.25, 0.3) is 0 Å². The number of amides is 1. The molecule has 2 rings (SSSR count). The summed E-state index contributed by atoms with van der Waals surface area (Å²) in [7, 11) is -0.340. The largest absolute Gasteiger partial charge is 0.463 e. The molecule has 6 heteroatoms. The molecule has 0 aromatic heterocycles. The van der Waals surface area contributed by atoms with E-state index in [4.69, 9.17) is 14.0 Å². The molecule has 2 aliphatic rings. The molecular weight excluding hydrogens is 317 g/mol. The monoisotopic (exact) mass is 351 g/mol. The number of carbonyl (C=O) groups is 1. The van der Waals surface area contributed by atoms with Crippen LogP contribution in [0.4, 0.5) is 4.79 Å². The Bertz CT molecular complexity index is 546. The fourth-order valence-corrected chi connectivity index (χ4v) is 3.29. The molecule has 1 aliphatic carbocycles. The molecule has 0 bridgehead atoms. The molecule has 0 spiro atoms. The van der Waals surface area contributed by atoms with Gasteiger partial charge < -0.3 is 19.4 Å². The minimum atomic E-state index is -0.514. The molecule has 0 aromatic rings. The van der Waals surface area contributed by atoms with Crippen molar-refractivity contribution in [2.45, 2.75) is 104 Å². The Morgan fingerprint density at radius 1 is 1.08 bits per heavy atom. The Morgan fingerprint density at radius 3 is 2.04 bits per heavy atom. The first kappa shape index (κ1) is 20.3. The number of ether oxygens (including phenoxy) is 1. The lowest BCUT2D eigenvalue weighted by Crippen LogP contribution is -2.47. The van der Waals surface area contributed by atoms with Gasteiger partial charge in [-0.05, 0) is 75.2 Å². The first-order valence-electron chi connectivity index (χ1n) is 9.22. The Morgan fingerprint density at radius 2 is 1.56 bits per heavy atom. The second-order valence-corrected chi connectivity index (χ2v) is 9.51. The topological polar surface area (TPSA) is 56.8 Å². The van der Waals surface area contributed by atoms with Gasteiger partial charge in [0.05, 0.1) is 11.2 Å². The lowest BCUT2D eigenvalue weighted by Gasteiger charge is -2.35. The van der Waals surface area contributed by atoms with Crippen LogP contribution in [0.5, 0.6) is 0 Å². The Balaban J connectivity index is 2.17. The van der Waals surface area contributed by atoms with Crippen LogP contribution in [0.3, 0.4) is 0 Å². The van der Waals surface area contributed by atoms with Crippen LogP contribution in [0, 0.1) is 0 Å². The van der Waals surface area contributed by atoms with E-state index in [1.807, 2.05) is 20.8 Å². The minimum Gasteiger partial charge on any atom is -0.444 e. The molecule has 0 aromatic carbocycles. The van der Waals surface area contributed by atoms with Crippen molar-refractivity contribution < 1.29 is 18.8 Å². The van der Waals surface area contributed by atoms with Crippen molar-refractivity contribution in [1.29, 1.82) is 0 Å². The molecular formula is C19H34BNO4. The van der Waals surface area contributed by atoms with E-state index in [1.165, 1.54) is 11.1 Å². The molecule has 142 valence electrons. The number of hydrogen-bond acceptors (Lipinski definition) is 4. The van der Waals surface area contributed by atoms with Crippen molar-refractivity contribution in [3.63, 3.8) is 0 Å². The molecule has 1 aliphatic heterocycles. The fraction of sp³-hybridized carbons (Fsp3) is 0.842. The third-order valence-electron chi connectivity index (χ3n) is 5.64. The maximum absolute atomic E-state index is 12.3. The number of alkyl carbamates (subject to hydrolysis) is 1. The van der Waals surface area contributed by atoms with Crippen LogP contribution in [0.15, 0.2) is 11.1 Å². The predicted octanol–water partition coefficient (Wildman–Crippen LogP) is 4.47. The van der Waals surface area contributed by atoms with Crippen LogP contribution >= 0.6 is 0 Å². The summed E-state index contributed by atoms with van der Waals surface area (Å²) in [6.45, 7) is 18.1. The molecule has 1 heterocycles. The summed E-state index contributed by atoms with van der Waals surface area (Å²) in [6.07, 6.45) is 1.26. The van der Waals surface area contributed by atoms with Crippen molar-refractivity contribution in [3.8, 4) is 0 Å². The van der Waals surface area contributed by atoms with Gasteiger partial charge in [-0.25, -0.2) is 4.79 Å². The molecule has 0 unspecified atom stereocenters.